The number of cyclic esters (lactones) is 1. The number of nitrogens with zero attached hydrogens (tertiary/aromatic N) is 1. The van der Waals surface area contributed by atoms with Gasteiger partial charge in [-0.2, -0.15) is 5.10 Å². The molecule has 0 bridgehead atoms. The number of hydrazone groups is 1. The molecule has 43 heavy (non-hydrogen) atoms. The van der Waals surface area contributed by atoms with E-state index in [2.05, 4.69) is 17.5 Å². The number of aliphatic hydroxyl groups is 3. The smallest absolute Gasteiger partial charge is 0.331 e. The van der Waals surface area contributed by atoms with Crippen LogP contribution < -0.4 is 11.2 Å². The number of fused-ring (bicyclic) bond motifs is 5. The Morgan fingerprint density at radius 2 is 1.95 bits per heavy atom. The first kappa shape index (κ1) is 31.3. The first-order valence-electron chi connectivity index (χ1n) is 15.8. The van der Waals surface area contributed by atoms with Crippen molar-refractivity contribution in [1.29, 1.82) is 0 Å². The lowest BCUT2D eigenvalue weighted by molar-refractivity contribution is -0.284. The molecular formula is C31H47N3O8S. The second kappa shape index (κ2) is 11.3. The van der Waals surface area contributed by atoms with Crippen LogP contribution in [-0.2, 0) is 23.7 Å². The number of thiocarbonyl (C=S) groups is 1. The van der Waals surface area contributed by atoms with Crippen LogP contribution in [0.1, 0.15) is 78.1 Å². The Morgan fingerprint density at radius 1 is 1.19 bits per heavy atom. The molecule has 0 spiro atoms. The van der Waals surface area contributed by atoms with E-state index in [1.165, 1.54) is 0 Å². The van der Waals surface area contributed by atoms with Crippen molar-refractivity contribution in [3.63, 3.8) is 0 Å². The van der Waals surface area contributed by atoms with Gasteiger partial charge in [-0.3, -0.25) is 5.43 Å². The minimum atomic E-state index is -1.13. The molecule has 0 aromatic carbocycles. The average molecular weight is 622 g/mol. The second-order valence-electron chi connectivity index (χ2n) is 14.1. The number of nitrogens with one attached hydrogen (secondary N) is 1. The van der Waals surface area contributed by atoms with E-state index >= 15 is 0 Å². The molecule has 0 aromatic rings. The van der Waals surface area contributed by atoms with Crippen molar-refractivity contribution < 1.29 is 39.1 Å². The summed E-state index contributed by atoms with van der Waals surface area (Å²) >= 11 is 5.01. The van der Waals surface area contributed by atoms with Gasteiger partial charge in [-0.05, 0) is 93.8 Å². The maximum Gasteiger partial charge on any atom is 0.331 e. The van der Waals surface area contributed by atoms with E-state index in [9.17, 15) is 20.1 Å². The number of carbonyl (C=O) groups excluding carboxylic acids is 1. The molecule has 240 valence electrons. The van der Waals surface area contributed by atoms with Gasteiger partial charge in [0.1, 0.15) is 12.7 Å². The van der Waals surface area contributed by atoms with Crippen LogP contribution >= 0.6 is 12.2 Å². The first-order valence-corrected chi connectivity index (χ1v) is 16.2. The van der Waals surface area contributed by atoms with Crippen molar-refractivity contribution in [2.24, 2.45) is 39.4 Å². The number of esters is 1. The lowest BCUT2D eigenvalue weighted by Crippen LogP contribution is -2.69. The van der Waals surface area contributed by atoms with Gasteiger partial charge in [0.2, 0.25) is 0 Å². The number of hydrogen-bond acceptors (Lipinski definition) is 10. The predicted molar refractivity (Wildman–Crippen MR) is 161 cm³/mol. The Balaban J connectivity index is 1.27. The average Bonchev–Trinajstić information content (AvgIpc) is 3.50. The van der Waals surface area contributed by atoms with Crippen molar-refractivity contribution in [1.82, 2.24) is 5.43 Å². The molecule has 6 N–H and O–H groups in total. The summed E-state index contributed by atoms with van der Waals surface area (Å²) in [7, 11) is 1.58. The van der Waals surface area contributed by atoms with Crippen LogP contribution in [0.25, 0.3) is 0 Å². The molecule has 0 amide bonds. The largest absolute Gasteiger partial charge is 0.458 e. The molecule has 11 nitrogen and oxygen atoms in total. The monoisotopic (exact) mass is 621 g/mol. The van der Waals surface area contributed by atoms with E-state index < -0.39 is 40.5 Å². The fourth-order valence-corrected chi connectivity index (χ4v) is 10.3. The Hall–Kier alpha value is -1.67. The summed E-state index contributed by atoms with van der Waals surface area (Å²) in [5.41, 5.74) is 6.21. The molecule has 4 aliphatic carbocycles. The first-order chi connectivity index (χ1) is 20.4. The van der Waals surface area contributed by atoms with E-state index in [0.29, 0.717) is 51.6 Å². The predicted octanol–water partition coefficient (Wildman–Crippen LogP) is 2.05. The Morgan fingerprint density at radius 3 is 2.65 bits per heavy atom. The SMILES string of the molecule is CO[C@@H]1C[C@H](O[C@@H]2CC[C@]3(/C=N/NC(N)=S)[C@H]4CC[C@]5(C)[C@H](C6=CC(=O)OC6)CC[C@]5(O)[C@@H]4CC[C@]3(O)C2)O[C@H](C)[C@@H]1O. The zero-order chi connectivity index (χ0) is 30.8. The van der Waals surface area contributed by atoms with Crippen LogP contribution in [0.5, 0.6) is 0 Å². The molecule has 1 saturated heterocycles. The topological polar surface area (TPSA) is 165 Å². The zero-order valence-corrected chi connectivity index (χ0v) is 26.2. The Bertz CT molecular complexity index is 1190. The third kappa shape index (κ3) is 4.96. The highest BCUT2D eigenvalue weighted by Crippen LogP contribution is 2.70. The molecule has 0 unspecified atom stereocenters. The fraction of sp³-hybridized carbons (Fsp3) is 0.839. The summed E-state index contributed by atoms with van der Waals surface area (Å²) in [6.45, 7) is 4.29. The quantitative estimate of drug-likeness (QED) is 0.0969. The Labute approximate surface area is 258 Å². The van der Waals surface area contributed by atoms with Crippen LogP contribution in [0.2, 0.25) is 0 Å². The molecule has 12 heteroatoms. The normalized spacial score (nSPS) is 49.5. The van der Waals surface area contributed by atoms with Crippen molar-refractivity contribution in [3.05, 3.63) is 11.6 Å². The minimum Gasteiger partial charge on any atom is -0.458 e. The van der Waals surface area contributed by atoms with Gasteiger partial charge in [-0.25, -0.2) is 4.79 Å². The highest BCUT2D eigenvalue weighted by Gasteiger charge is 2.71. The number of rotatable bonds is 6. The molecule has 2 heterocycles. The van der Waals surface area contributed by atoms with Gasteiger partial charge >= 0.3 is 5.97 Å². The van der Waals surface area contributed by atoms with Gasteiger partial charge in [0, 0.05) is 43.1 Å². The highest BCUT2D eigenvalue weighted by molar-refractivity contribution is 7.80. The van der Waals surface area contributed by atoms with Crippen molar-refractivity contribution in [2.75, 3.05) is 13.7 Å². The van der Waals surface area contributed by atoms with Crippen LogP contribution in [0.3, 0.4) is 0 Å². The molecular weight excluding hydrogens is 574 g/mol. The van der Waals surface area contributed by atoms with Crippen LogP contribution in [-0.4, -0.2) is 88.2 Å². The third-order valence-electron chi connectivity index (χ3n) is 12.4. The maximum atomic E-state index is 12.6. The summed E-state index contributed by atoms with van der Waals surface area (Å²) in [6.07, 6.45) is 7.39. The van der Waals surface area contributed by atoms with Gasteiger partial charge in [0.05, 0.1) is 29.5 Å². The van der Waals surface area contributed by atoms with Gasteiger partial charge < -0.3 is 40.0 Å². The zero-order valence-electron chi connectivity index (χ0n) is 25.4. The maximum absolute atomic E-state index is 12.6. The third-order valence-corrected chi connectivity index (χ3v) is 12.5. The summed E-state index contributed by atoms with van der Waals surface area (Å²) < 4.78 is 23.1. The summed E-state index contributed by atoms with van der Waals surface area (Å²) in [5, 5.41) is 40.1. The number of hydrogen-bond donors (Lipinski definition) is 5. The molecule has 5 fully saturated rings. The van der Waals surface area contributed by atoms with Crippen LogP contribution in [0.15, 0.2) is 16.8 Å². The van der Waals surface area contributed by atoms with Gasteiger partial charge in [-0.1, -0.05) is 6.92 Å². The number of nitrogens with two attached hydrogens (primary N) is 1. The number of carbonyl (C=O) groups is 1. The fourth-order valence-electron chi connectivity index (χ4n) is 10.2. The van der Waals surface area contributed by atoms with E-state index in [1.54, 1.807) is 13.2 Å². The Kier molecular flexibility index (Phi) is 8.22. The lowest BCUT2D eigenvalue weighted by atomic mass is 9.41. The lowest BCUT2D eigenvalue weighted by Gasteiger charge is -2.66. The van der Waals surface area contributed by atoms with Crippen molar-refractivity contribution >= 4 is 29.5 Å². The molecule has 0 aromatic heterocycles. The summed E-state index contributed by atoms with van der Waals surface area (Å²) in [6, 6.07) is 0. The van der Waals surface area contributed by atoms with Gasteiger partial charge in [0.25, 0.3) is 0 Å². The standard InChI is InChI=1S/C31H47N3O8S/c1-17-26(36)23(39-3)13-25(41-17)42-19-4-9-29(16-33-34-27(32)43)21-5-8-28(2)20(18-12-24(35)40-15-18)7-11-31(28,38)22(21)6-10-30(29,37)14-19/h12,16-17,19-23,25-26,36-38H,4-11,13-15H2,1-3H3,(H3,32,34,43)/b33-16+/t17-,19-,20+,21+,22-,23-,25+,26+,28-,29+,30+,31+/m1/s1. The minimum absolute atomic E-state index is 0.0182. The molecule has 0 radical (unpaired) electrons. The number of aliphatic hydroxyl groups excluding tert-OH is 1. The van der Waals surface area contributed by atoms with Crippen LogP contribution in [0.4, 0.5) is 0 Å². The summed E-state index contributed by atoms with van der Waals surface area (Å²) in [4.78, 5) is 11.9. The van der Waals surface area contributed by atoms with Crippen molar-refractivity contribution in [2.45, 2.75) is 120 Å². The van der Waals surface area contributed by atoms with Crippen LogP contribution in [0, 0.1) is 28.6 Å². The summed E-state index contributed by atoms with van der Waals surface area (Å²) in [5.74, 6) is -0.277. The number of ether oxygens (including phenoxy) is 4. The molecule has 6 aliphatic rings. The van der Waals surface area contributed by atoms with Crippen molar-refractivity contribution in [3.8, 4) is 0 Å². The molecule has 4 saturated carbocycles. The van der Waals surface area contributed by atoms with Gasteiger partial charge in [-0.15, -0.1) is 0 Å². The number of methoxy groups -OCH3 is 1. The van der Waals surface area contributed by atoms with E-state index in [4.69, 9.17) is 36.9 Å². The molecule has 6 rings (SSSR count). The van der Waals surface area contributed by atoms with E-state index in [0.717, 1.165) is 24.8 Å². The van der Waals surface area contributed by atoms with E-state index in [1.807, 2.05) is 13.1 Å². The highest BCUT2D eigenvalue weighted by atomic mass is 32.1. The molecule has 12 atom stereocenters. The molecule has 2 aliphatic heterocycles. The van der Waals surface area contributed by atoms with Gasteiger partial charge in [0.15, 0.2) is 11.4 Å². The second-order valence-corrected chi connectivity index (χ2v) is 14.6. The van der Waals surface area contributed by atoms with E-state index in [-0.39, 0.29) is 41.0 Å².